The average molecular weight is 371 g/mol. The van der Waals surface area contributed by atoms with Gasteiger partial charge in [0.05, 0.1) is 27.3 Å². The molecule has 3 aromatic rings. The zero-order chi connectivity index (χ0) is 16.8. The van der Waals surface area contributed by atoms with Crippen molar-refractivity contribution in [2.45, 2.75) is 31.5 Å². The molecule has 0 radical (unpaired) electrons. The summed E-state index contributed by atoms with van der Waals surface area (Å²) < 4.78 is 30.7. The third-order valence-electron chi connectivity index (χ3n) is 3.50. The maximum Gasteiger partial charge on any atom is 0.271 e. The van der Waals surface area contributed by atoms with Gasteiger partial charge in [-0.05, 0) is 39.0 Å². The largest absolute Gasteiger partial charge is 0.275 e. The molecule has 0 amide bonds. The number of hydrogen-bond donors (Lipinski definition) is 1. The van der Waals surface area contributed by atoms with Gasteiger partial charge in [0.1, 0.15) is 9.36 Å². The maximum absolute atomic E-state index is 12.7. The Kier molecular flexibility index (Phi) is 4.07. The standard InChI is InChI=1S/C14H15ClN4O2S2/c1-4-19-9(3)14(8(2)17-19)18-23(20,21)13-7-10-11(22-13)5-6-12(15)16-10/h5-7,18H,4H2,1-3H3. The molecule has 3 rings (SSSR count). The SMILES string of the molecule is CCn1nc(C)c(NS(=O)(=O)c2cc3nc(Cl)ccc3s2)c1C. The van der Waals surface area contributed by atoms with Gasteiger partial charge in [-0.1, -0.05) is 11.6 Å². The molecule has 0 unspecified atom stereocenters. The first-order valence-corrected chi connectivity index (χ1v) is 9.62. The minimum Gasteiger partial charge on any atom is -0.275 e. The lowest BCUT2D eigenvalue weighted by Crippen LogP contribution is -2.12. The molecular formula is C14H15ClN4O2S2. The smallest absolute Gasteiger partial charge is 0.271 e. The van der Waals surface area contributed by atoms with E-state index in [0.29, 0.717) is 28.6 Å². The van der Waals surface area contributed by atoms with E-state index in [1.54, 1.807) is 23.7 Å². The molecule has 0 aliphatic heterocycles. The van der Waals surface area contributed by atoms with Crippen LogP contribution in [0.25, 0.3) is 10.2 Å². The second-order valence-corrected chi connectivity index (χ2v) is 8.43. The van der Waals surface area contributed by atoms with Crippen LogP contribution in [0.3, 0.4) is 0 Å². The molecule has 0 atom stereocenters. The first-order chi connectivity index (χ1) is 10.8. The van der Waals surface area contributed by atoms with Gasteiger partial charge in [0.15, 0.2) is 0 Å². The highest BCUT2D eigenvalue weighted by molar-refractivity contribution is 7.94. The third-order valence-corrected chi connectivity index (χ3v) is 6.62. The van der Waals surface area contributed by atoms with Crippen LogP contribution < -0.4 is 4.72 Å². The fourth-order valence-corrected chi connectivity index (χ4v) is 5.00. The van der Waals surface area contributed by atoms with Crippen molar-refractivity contribution in [1.82, 2.24) is 14.8 Å². The number of rotatable bonds is 4. The molecule has 0 aliphatic rings. The quantitative estimate of drug-likeness (QED) is 0.712. The Morgan fingerprint density at radius 1 is 1.35 bits per heavy atom. The number of hydrogen-bond acceptors (Lipinski definition) is 5. The highest BCUT2D eigenvalue weighted by Gasteiger charge is 2.22. The topological polar surface area (TPSA) is 76.9 Å². The van der Waals surface area contributed by atoms with Crippen LogP contribution >= 0.6 is 22.9 Å². The molecule has 3 aromatic heterocycles. The Morgan fingerprint density at radius 2 is 2.09 bits per heavy atom. The fraction of sp³-hybridized carbons (Fsp3) is 0.286. The third kappa shape index (κ3) is 2.93. The number of fused-ring (bicyclic) bond motifs is 1. The molecule has 0 fully saturated rings. The van der Waals surface area contributed by atoms with E-state index in [2.05, 4.69) is 14.8 Å². The van der Waals surface area contributed by atoms with Crippen molar-refractivity contribution in [3.8, 4) is 0 Å². The molecule has 0 saturated carbocycles. The molecule has 6 nitrogen and oxygen atoms in total. The predicted octanol–water partition coefficient (Wildman–Crippen LogP) is 3.58. The van der Waals surface area contributed by atoms with Crippen molar-refractivity contribution >= 4 is 48.9 Å². The first-order valence-electron chi connectivity index (χ1n) is 6.94. The Labute approximate surface area is 143 Å². The highest BCUT2D eigenvalue weighted by atomic mass is 35.5. The van der Waals surface area contributed by atoms with E-state index in [1.165, 1.54) is 6.07 Å². The summed E-state index contributed by atoms with van der Waals surface area (Å²) in [5.41, 5.74) is 2.53. The van der Waals surface area contributed by atoms with Gasteiger partial charge in [0, 0.05) is 6.54 Å². The van der Waals surface area contributed by atoms with Crippen molar-refractivity contribution in [2.24, 2.45) is 0 Å². The Bertz CT molecular complexity index is 992. The monoisotopic (exact) mass is 370 g/mol. The highest BCUT2D eigenvalue weighted by Crippen LogP contribution is 2.31. The lowest BCUT2D eigenvalue weighted by Gasteiger charge is -2.06. The summed E-state index contributed by atoms with van der Waals surface area (Å²) in [5, 5.41) is 4.66. The summed E-state index contributed by atoms with van der Waals surface area (Å²) in [4.78, 5) is 4.14. The Hall–Kier alpha value is -1.64. The van der Waals surface area contributed by atoms with Crippen LogP contribution in [-0.4, -0.2) is 23.2 Å². The van der Waals surface area contributed by atoms with Gasteiger partial charge in [0.25, 0.3) is 10.0 Å². The number of nitrogens with one attached hydrogen (secondary N) is 1. The molecule has 9 heteroatoms. The summed E-state index contributed by atoms with van der Waals surface area (Å²) >= 11 is 7.01. The molecule has 122 valence electrons. The zero-order valence-corrected chi connectivity index (χ0v) is 15.2. The van der Waals surface area contributed by atoms with E-state index in [-0.39, 0.29) is 4.21 Å². The van der Waals surface area contributed by atoms with Crippen molar-refractivity contribution < 1.29 is 8.42 Å². The number of sulfonamides is 1. The van der Waals surface area contributed by atoms with Crippen LogP contribution in [0.5, 0.6) is 0 Å². The molecule has 23 heavy (non-hydrogen) atoms. The summed E-state index contributed by atoms with van der Waals surface area (Å²) in [5.74, 6) is 0. The van der Waals surface area contributed by atoms with Gasteiger partial charge in [-0.2, -0.15) is 5.10 Å². The lowest BCUT2D eigenvalue weighted by molar-refractivity contribution is 0.603. The number of anilines is 1. The van der Waals surface area contributed by atoms with Crippen LogP contribution in [0.15, 0.2) is 22.4 Å². The number of halogens is 1. The lowest BCUT2D eigenvalue weighted by atomic mass is 10.3. The van der Waals surface area contributed by atoms with Crippen LogP contribution in [0.4, 0.5) is 5.69 Å². The molecule has 1 N–H and O–H groups in total. The summed E-state index contributed by atoms with van der Waals surface area (Å²) in [6, 6.07) is 4.94. The summed E-state index contributed by atoms with van der Waals surface area (Å²) in [7, 11) is -3.70. The minimum atomic E-state index is -3.70. The van der Waals surface area contributed by atoms with Crippen molar-refractivity contribution in [1.29, 1.82) is 0 Å². The van der Waals surface area contributed by atoms with E-state index in [9.17, 15) is 8.42 Å². The normalized spacial score (nSPS) is 12.0. The van der Waals surface area contributed by atoms with Crippen LogP contribution in [0.2, 0.25) is 5.15 Å². The van der Waals surface area contributed by atoms with Crippen molar-refractivity contribution in [2.75, 3.05) is 4.72 Å². The second-order valence-electron chi connectivity index (χ2n) is 5.05. The zero-order valence-electron chi connectivity index (χ0n) is 12.8. The minimum absolute atomic E-state index is 0.199. The van der Waals surface area contributed by atoms with E-state index in [1.807, 2.05) is 13.8 Å². The average Bonchev–Trinajstić information content (AvgIpc) is 3.03. The van der Waals surface area contributed by atoms with Gasteiger partial charge in [-0.3, -0.25) is 9.40 Å². The van der Waals surface area contributed by atoms with Gasteiger partial charge >= 0.3 is 0 Å². The van der Waals surface area contributed by atoms with Crippen LogP contribution in [0.1, 0.15) is 18.3 Å². The summed E-state index contributed by atoms with van der Waals surface area (Å²) in [6.07, 6.45) is 0. The van der Waals surface area contributed by atoms with Gasteiger partial charge in [-0.25, -0.2) is 13.4 Å². The predicted molar refractivity (Wildman–Crippen MR) is 92.8 cm³/mol. The summed E-state index contributed by atoms with van der Waals surface area (Å²) in [6.45, 7) is 6.26. The molecule has 0 aliphatic carbocycles. The number of nitrogens with zero attached hydrogens (tertiary/aromatic N) is 3. The molecule has 3 heterocycles. The first kappa shape index (κ1) is 16.2. The molecule has 0 bridgehead atoms. The number of pyridine rings is 1. The van der Waals surface area contributed by atoms with Gasteiger partial charge < -0.3 is 0 Å². The van der Waals surface area contributed by atoms with Crippen LogP contribution in [0, 0.1) is 13.8 Å². The second kappa shape index (κ2) is 5.77. The number of aromatic nitrogens is 3. The Morgan fingerprint density at radius 3 is 2.74 bits per heavy atom. The number of aryl methyl sites for hydroxylation is 2. The van der Waals surface area contributed by atoms with Crippen LogP contribution in [-0.2, 0) is 16.6 Å². The molecular weight excluding hydrogens is 356 g/mol. The number of thiophene rings is 1. The van der Waals surface area contributed by atoms with E-state index in [4.69, 9.17) is 11.6 Å². The van der Waals surface area contributed by atoms with Crippen molar-refractivity contribution in [3.63, 3.8) is 0 Å². The van der Waals surface area contributed by atoms with Gasteiger partial charge in [-0.15, -0.1) is 11.3 Å². The Balaban J connectivity index is 2.02. The van der Waals surface area contributed by atoms with E-state index >= 15 is 0 Å². The fourth-order valence-electron chi connectivity index (χ4n) is 2.35. The van der Waals surface area contributed by atoms with Gasteiger partial charge in [0.2, 0.25) is 0 Å². The maximum atomic E-state index is 12.7. The van der Waals surface area contributed by atoms with E-state index in [0.717, 1.165) is 21.7 Å². The molecule has 0 saturated heterocycles. The molecule has 0 spiro atoms. The van der Waals surface area contributed by atoms with E-state index < -0.39 is 10.0 Å². The molecule has 0 aromatic carbocycles. The van der Waals surface area contributed by atoms with Crippen molar-refractivity contribution in [3.05, 3.63) is 34.7 Å².